The van der Waals surface area contributed by atoms with Gasteiger partial charge in [0.15, 0.2) is 0 Å². The van der Waals surface area contributed by atoms with Gasteiger partial charge in [-0.1, -0.05) is 28.1 Å². The van der Waals surface area contributed by atoms with E-state index < -0.39 is 5.91 Å². The number of halogens is 1. The van der Waals surface area contributed by atoms with Crippen molar-refractivity contribution in [1.29, 1.82) is 0 Å². The van der Waals surface area contributed by atoms with Crippen molar-refractivity contribution in [3.63, 3.8) is 0 Å². The summed E-state index contributed by atoms with van der Waals surface area (Å²) in [5, 5.41) is 0. The van der Waals surface area contributed by atoms with E-state index in [-0.39, 0.29) is 0 Å². The molecule has 0 aliphatic carbocycles. The summed E-state index contributed by atoms with van der Waals surface area (Å²) >= 11 is 3.44. The third kappa shape index (κ3) is 3.30. The number of amides is 1. The van der Waals surface area contributed by atoms with Gasteiger partial charge in [-0.3, -0.25) is 4.79 Å². The number of primary amides is 1. The molecule has 0 saturated heterocycles. The molecule has 0 atom stereocenters. The van der Waals surface area contributed by atoms with Crippen LogP contribution >= 0.6 is 15.9 Å². The fourth-order valence-electron chi connectivity index (χ4n) is 2.07. The molecule has 1 amide bonds. The second-order valence-corrected chi connectivity index (χ2v) is 5.54. The Morgan fingerprint density at radius 1 is 1.25 bits per heavy atom. The largest absolute Gasteiger partial charge is 0.399 e. The van der Waals surface area contributed by atoms with Crippen LogP contribution in [0.3, 0.4) is 0 Å². The fourth-order valence-corrected chi connectivity index (χ4v) is 2.51. The maximum atomic E-state index is 11.5. The average molecular weight is 334 g/mol. The predicted molar refractivity (Wildman–Crippen MR) is 85.6 cm³/mol. The van der Waals surface area contributed by atoms with Crippen LogP contribution in [0.4, 0.5) is 11.4 Å². The van der Waals surface area contributed by atoms with Crippen molar-refractivity contribution in [1.82, 2.24) is 0 Å². The predicted octanol–water partition coefficient (Wildman–Crippen LogP) is 2.77. The summed E-state index contributed by atoms with van der Waals surface area (Å²) in [4.78, 5) is 13.4. The van der Waals surface area contributed by atoms with Gasteiger partial charge in [-0.05, 0) is 35.9 Å². The summed E-state index contributed by atoms with van der Waals surface area (Å²) in [6.07, 6.45) is 0. The number of hydrogen-bond donors (Lipinski definition) is 2. The number of rotatable bonds is 4. The average Bonchev–Trinajstić information content (AvgIpc) is 2.38. The maximum absolute atomic E-state index is 11.5. The molecule has 104 valence electrons. The van der Waals surface area contributed by atoms with Gasteiger partial charge in [0.1, 0.15) is 0 Å². The molecular formula is C15H16BrN3O. The van der Waals surface area contributed by atoms with Crippen LogP contribution in [0.15, 0.2) is 46.9 Å². The first-order chi connectivity index (χ1) is 9.47. The van der Waals surface area contributed by atoms with Crippen molar-refractivity contribution in [3.8, 4) is 0 Å². The van der Waals surface area contributed by atoms with Crippen LogP contribution in [0.25, 0.3) is 0 Å². The zero-order chi connectivity index (χ0) is 14.7. The van der Waals surface area contributed by atoms with E-state index >= 15 is 0 Å². The summed E-state index contributed by atoms with van der Waals surface area (Å²) in [5.74, 6) is -0.457. The lowest BCUT2D eigenvalue weighted by Crippen LogP contribution is -2.22. The van der Waals surface area contributed by atoms with Crippen molar-refractivity contribution in [3.05, 3.63) is 58.1 Å². The Hall–Kier alpha value is -2.01. The molecule has 0 spiro atoms. The minimum absolute atomic E-state index is 0.457. The monoisotopic (exact) mass is 333 g/mol. The van der Waals surface area contributed by atoms with E-state index in [1.165, 1.54) is 0 Å². The summed E-state index contributed by atoms with van der Waals surface area (Å²) in [7, 11) is 1.90. The summed E-state index contributed by atoms with van der Waals surface area (Å²) in [6.45, 7) is 0.656. The third-order valence-corrected chi connectivity index (χ3v) is 3.50. The first-order valence-corrected chi connectivity index (χ1v) is 6.91. The summed E-state index contributed by atoms with van der Waals surface area (Å²) in [5.41, 5.74) is 14.1. The fraction of sp³-hybridized carbons (Fsp3) is 0.133. The molecule has 0 aromatic heterocycles. The van der Waals surface area contributed by atoms with Gasteiger partial charge in [-0.15, -0.1) is 0 Å². The van der Waals surface area contributed by atoms with Crippen LogP contribution in [0.2, 0.25) is 0 Å². The van der Waals surface area contributed by atoms with E-state index in [9.17, 15) is 4.79 Å². The molecule has 0 fully saturated rings. The number of nitrogens with zero attached hydrogens (tertiary/aromatic N) is 1. The highest BCUT2D eigenvalue weighted by molar-refractivity contribution is 9.10. The molecule has 5 heteroatoms. The number of nitrogen functional groups attached to an aromatic ring is 1. The minimum atomic E-state index is -0.457. The molecule has 0 heterocycles. The second-order valence-electron chi connectivity index (χ2n) is 4.63. The number of nitrogens with two attached hydrogens (primary N) is 2. The Bertz CT molecular complexity index is 643. The summed E-state index contributed by atoms with van der Waals surface area (Å²) in [6, 6.07) is 13.1. The SMILES string of the molecule is CN(Cc1cccc(Br)c1)c1cc(N)ccc1C(N)=O. The zero-order valence-electron chi connectivity index (χ0n) is 11.1. The van der Waals surface area contributed by atoms with Gasteiger partial charge in [-0.25, -0.2) is 0 Å². The van der Waals surface area contributed by atoms with Crippen LogP contribution in [-0.4, -0.2) is 13.0 Å². The zero-order valence-corrected chi connectivity index (χ0v) is 12.7. The number of hydrogen-bond acceptors (Lipinski definition) is 3. The first-order valence-electron chi connectivity index (χ1n) is 6.12. The van der Waals surface area contributed by atoms with E-state index in [0.29, 0.717) is 17.8 Å². The third-order valence-electron chi connectivity index (χ3n) is 3.01. The Morgan fingerprint density at radius 3 is 2.65 bits per heavy atom. The van der Waals surface area contributed by atoms with Crippen molar-refractivity contribution < 1.29 is 4.79 Å². The second kappa shape index (κ2) is 5.96. The molecule has 2 aromatic rings. The number of benzene rings is 2. The molecule has 0 aliphatic rings. The van der Waals surface area contributed by atoms with Gasteiger partial charge >= 0.3 is 0 Å². The van der Waals surface area contributed by atoms with Gasteiger partial charge in [-0.2, -0.15) is 0 Å². The molecule has 4 nitrogen and oxygen atoms in total. The molecule has 0 unspecified atom stereocenters. The molecule has 0 radical (unpaired) electrons. The van der Waals surface area contributed by atoms with Gasteiger partial charge in [0.05, 0.1) is 11.3 Å². The van der Waals surface area contributed by atoms with E-state index in [1.54, 1.807) is 18.2 Å². The van der Waals surface area contributed by atoms with Crippen LogP contribution in [0.5, 0.6) is 0 Å². The molecule has 0 bridgehead atoms. The summed E-state index contributed by atoms with van der Waals surface area (Å²) < 4.78 is 1.02. The van der Waals surface area contributed by atoms with Crippen LogP contribution in [0.1, 0.15) is 15.9 Å². The molecule has 2 rings (SSSR count). The minimum Gasteiger partial charge on any atom is -0.399 e. The van der Waals surface area contributed by atoms with Gasteiger partial charge < -0.3 is 16.4 Å². The van der Waals surface area contributed by atoms with Crippen LogP contribution < -0.4 is 16.4 Å². The van der Waals surface area contributed by atoms with E-state index in [1.807, 2.05) is 36.2 Å². The Morgan fingerprint density at radius 2 is 2.00 bits per heavy atom. The standard InChI is InChI=1S/C15H16BrN3O/c1-19(9-10-3-2-4-11(16)7-10)14-8-12(17)5-6-13(14)15(18)20/h2-8H,9,17H2,1H3,(H2,18,20). The normalized spacial score (nSPS) is 10.3. The van der Waals surface area contributed by atoms with Crippen molar-refractivity contribution in [2.45, 2.75) is 6.54 Å². The van der Waals surface area contributed by atoms with Crippen LogP contribution in [0, 0.1) is 0 Å². The van der Waals surface area contributed by atoms with E-state index in [0.717, 1.165) is 15.7 Å². The van der Waals surface area contributed by atoms with E-state index in [2.05, 4.69) is 15.9 Å². The number of carbonyl (C=O) groups excluding carboxylic acids is 1. The Balaban J connectivity index is 2.31. The Labute approximate surface area is 126 Å². The lowest BCUT2D eigenvalue weighted by Gasteiger charge is -2.22. The Kier molecular flexibility index (Phi) is 4.29. The van der Waals surface area contributed by atoms with E-state index in [4.69, 9.17) is 11.5 Å². The smallest absolute Gasteiger partial charge is 0.250 e. The lowest BCUT2D eigenvalue weighted by atomic mass is 10.1. The molecule has 4 N–H and O–H groups in total. The van der Waals surface area contributed by atoms with Crippen LogP contribution in [-0.2, 0) is 6.54 Å². The van der Waals surface area contributed by atoms with Crippen molar-refractivity contribution in [2.24, 2.45) is 5.73 Å². The highest BCUT2D eigenvalue weighted by atomic mass is 79.9. The molecule has 20 heavy (non-hydrogen) atoms. The molecule has 2 aromatic carbocycles. The molecule has 0 saturated carbocycles. The highest BCUT2D eigenvalue weighted by Crippen LogP contribution is 2.24. The van der Waals surface area contributed by atoms with Gasteiger partial charge in [0.25, 0.3) is 5.91 Å². The number of carbonyl (C=O) groups is 1. The molecular weight excluding hydrogens is 318 g/mol. The topological polar surface area (TPSA) is 72.3 Å². The van der Waals surface area contributed by atoms with Gasteiger partial charge in [0.2, 0.25) is 0 Å². The number of anilines is 2. The van der Waals surface area contributed by atoms with Gasteiger partial charge in [0, 0.05) is 23.8 Å². The molecule has 0 aliphatic heterocycles. The lowest BCUT2D eigenvalue weighted by molar-refractivity contribution is 0.100. The quantitative estimate of drug-likeness (QED) is 0.845. The maximum Gasteiger partial charge on any atom is 0.250 e. The van der Waals surface area contributed by atoms with Crippen molar-refractivity contribution in [2.75, 3.05) is 17.7 Å². The highest BCUT2D eigenvalue weighted by Gasteiger charge is 2.12. The van der Waals surface area contributed by atoms with Crippen molar-refractivity contribution >= 4 is 33.2 Å². The first kappa shape index (κ1) is 14.4.